The number of fused-ring (bicyclic) bond motifs is 16. The fourth-order valence-corrected chi connectivity index (χ4v) is 9.56. The number of hydrogen-bond acceptors (Lipinski definition) is 4. The van der Waals surface area contributed by atoms with Crippen LogP contribution < -0.4 is 4.74 Å². The first-order valence-corrected chi connectivity index (χ1v) is 19.9. The van der Waals surface area contributed by atoms with Crippen LogP contribution in [0.5, 0.6) is 11.5 Å². The van der Waals surface area contributed by atoms with Crippen LogP contribution in [0.25, 0.3) is 99.0 Å². The van der Waals surface area contributed by atoms with E-state index >= 15 is 0 Å². The van der Waals surface area contributed by atoms with E-state index in [4.69, 9.17) is 14.7 Å². The van der Waals surface area contributed by atoms with Crippen molar-refractivity contribution in [3.8, 4) is 33.8 Å². The average Bonchev–Trinajstić information content (AvgIpc) is 3.84. The second-order valence-corrected chi connectivity index (χ2v) is 15.7. The van der Waals surface area contributed by atoms with Gasteiger partial charge < -0.3 is 13.5 Å². The summed E-state index contributed by atoms with van der Waals surface area (Å²) in [6.45, 7) is 8.84. The third-order valence-corrected chi connectivity index (χ3v) is 12.1. The summed E-state index contributed by atoms with van der Waals surface area (Å²) in [4.78, 5) is 14.9. The molecular formula is C53H35N5OPd. The number of rotatable bonds is 4. The minimum atomic E-state index is 0. The molecule has 12 aromatic rings. The molecule has 0 aliphatic heterocycles. The zero-order valence-corrected chi connectivity index (χ0v) is 34.8. The normalized spacial score (nSPS) is 11.9. The first-order chi connectivity index (χ1) is 28.9. The molecule has 0 spiro atoms. The molecule has 6 nitrogen and oxygen atoms in total. The molecule has 0 saturated carbocycles. The second-order valence-electron chi connectivity index (χ2n) is 15.7. The molecule has 60 heavy (non-hydrogen) atoms. The van der Waals surface area contributed by atoms with Crippen molar-refractivity contribution in [2.75, 3.05) is 0 Å². The van der Waals surface area contributed by atoms with E-state index in [1.165, 1.54) is 44.5 Å². The fourth-order valence-electron chi connectivity index (χ4n) is 9.56. The number of aryl methyl sites for hydroxylation is 4. The molecule has 5 heterocycles. The van der Waals surface area contributed by atoms with Gasteiger partial charge in [-0.2, -0.15) is 0 Å². The van der Waals surface area contributed by atoms with Crippen molar-refractivity contribution in [1.29, 1.82) is 0 Å². The molecule has 0 saturated heterocycles. The summed E-state index contributed by atoms with van der Waals surface area (Å²) >= 11 is 0. The molecule has 0 atom stereocenters. The summed E-state index contributed by atoms with van der Waals surface area (Å²) in [6, 6.07) is 52.1. The van der Waals surface area contributed by atoms with E-state index in [9.17, 15) is 0 Å². The van der Waals surface area contributed by atoms with Crippen molar-refractivity contribution in [3.05, 3.63) is 174 Å². The predicted octanol–water partition coefficient (Wildman–Crippen LogP) is 13.3. The van der Waals surface area contributed by atoms with Gasteiger partial charge in [0.05, 0.1) is 33.4 Å². The van der Waals surface area contributed by atoms with E-state index in [-0.39, 0.29) is 20.4 Å². The van der Waals surface area contributed by atoms with E-state index < -0.39 is 0 Å². The summed E-state index contributed by atoms with van der Waals surface area (Å²) in [5, 5.41) is 5.98. The van der Waals surface area contributed by atoms with Gasteiger partial charge >= 0.3 is 20.4 Å². The number of para-hydroxylation sites is 4. The van der Waals surface area contributed by atoms with Crippen LogP contribution in [0.15, 0.2) is 140 Å². The Hall–Kier alpha value is -6.91. The van der Waals surface area contributed by atoms with Crippen molar-refractivity contribution in [3.63, 3.8) is 0 Å². The van der Waals surface area contributed by atoms with Crippen LogP contribution in [0, 0.1) is 39.8 Å². The number of benzene rings is 7. The second kappa shape index (κ2) is 13.6. The van der Waals surface area contributed by atoms with Crippen molar-refractivity contribution < 1.29 is 25.2 Å². The minimum Gasteiger partial charge on any atom is -0.497 e. The summed E-state index contributed by atoms with van der Waals surface area (Å²) < 4.78 is 11.2. The molecule has 5 aromatic heterocycles. The Morgan fingerprint density at radius 2 is 1.05 bits per heavy atom. The Morgan fingerprint density at radius 1 is 0.500 bits per heavy atom. The molecule has 288 valence electrons. The maximum absolute atomic E-state index is 6.71. The van der Waals surface area contributed by atoms with Crippen molar-refractivity contribution in [1.82, 2.24) is 23.8 Å². The molecule has 0 aliphatic carbocycles. The Kier molecular flexibility index (Phi) is 8.19. The number of nitrogens with zero attached hydrogens (tertiary/aromatic N) is 5. The summed E-state index contributed by atoms with van der Waals surface area (Å²) in [5.74, 6) is 1.15. The van der Waals surface area contributed by atoms with Crippen LogP contribution in [0.1, 0.15) is 22.3 Å². The minimum absolute atomic E-state index is 0. The van der Waals surface area contributed by atoms with E-state index in [2.05, 4.69) is 145 Å². The summed E-state index contributed by atoms with van der Waals surface area (Å²) in [7, 11) is 0. The fraction of sp³-hybridized carbons (Fsp3) is 0.0755. The van der Waals surface area contributed by atoms with Gasteiger partial charge in [-0.15, -0.1) is 12.1 Å². The maximum Gasteiger partial charge on any atom is 2.00 e. The molecule has 0 fully saturated rings. The first kappa shape index (κ1) is 36.2. The van der Waals surface area contributed by atoms with Crippen LogP contribution in [-0.2, 0) is 20.4 Å². The SMILES string of the molecule is Cc1cccc(C)c1-c1cc(-c2c(C)cccc2C)c2c(c1)c1ccc(Oc3[c-]c4c(cc3)c3cnccc3n3c5ccccc5nc43)[c-]c1c1nc3ccccc3n12.[Pd+2]. The van der Waals surface area contributed by atoms with Gasteiger partial charge in [0.1, 0.15) is 0 Å². The van der Waals surface area contributed by atoms with Gasteiger partial charge in [-0.25, -0.2) is 0 Å². The van der Waals surface area contributed by atoms with Gasteiger partial charge in [0.2, 0.25) is 0 Å². The Balaban J connectivity index is 0.00000408. The monoisotopic (exact) mass is 863 g/mol. The van der Waals surface area contributed by atoms with E-state index in [1.807, 2.05) is 48.8 Å². The van der Waals surface area contributed by atoms with E-state index in [0.29, 0.717) is 11.5 Å². The standard InChI is InChI=1S/C53H35N5O.Pd/c1-30-11-9-12-31(2)49(30)34-25-39-37-21-19-35(59-36-20-22-38-41(28-36)52-55-44-15-5-7-17-47(44)57(52)46-23-24-54-29-43(38)46)27-40(37)53-56-45-16-6-8-18-48(45)58(53)51(39)42(26-34)50-32(3)13-10-14-33(50)4;/h5-26,29H,1-4H3;/q-2;+2. The van der Waals surface area contributed by atoms with Gasteiger partial charge in [0.15, 0.2) is 0 Å². The Labute approximate surface area is 359 Å². The van der Waals surface area contributed by atoms with Crippen molar-refractivity contribution in [2.45, 2.75) is 27.7 Å². The van der Waals surface area contributed by atoms with Crippen LogP contribution in [0.2, 0.25) is 0 Å². The van der Waals surface area contributed by atoms with Crippen LogP contribution in [0.4, 0.5) is 0 Å². The van der Waals surface area contributed by atoms with E-state index in [0.717, 1.165) is 76.7 Å². The molecule has 0 amide bonds. The number of ether oxygens (including phenoxy) is 1. The number of imidazole rings is 2. The van der Waals surface area contributed by atoms with Gasteiger partial charge in [0.25, 0.3) is 0 Å². The van der Waals surface area contributed by atoms with Gasteiger partial charge in [-0.3, -0.25) is 15.0 Å². The zero-order chi connectivity index (χ0) is 39.5. The molecule has 0 N–H and O–H groups in total. The third kappa shape index (κ3) is 5.26. The van der Waals surface area contributed by atoms with Crippen molar-refractivity contribution in [2.24, 2.45) is 0 Å². The molecule has 0 aliphatic rings. The van der Waals surface area contributed by atoms with E-state index in [1.54, 1.807) is 0 Å². The first-order valence-electron chi connectivity index (χ1n) is 19.9. The molecular weight excluding hydrogens is 829 g/mol. The summed E-state index contributed by atoms with van der Waals surface area (Å²) in [5.41, 5.74) is 17.6. The smallest absolute Gasteiger partial charge is 0.497 e. The largest absolute Gasteiger partial charge is 2.00 e. The molecule has 0 unspecified atom stereocenters. The molecule has 7 heteroatoms. The predicted molar refractivity (Wildman–Crippen MR) is 241 cm³/mol. The van der Waals surface area contributed by atoms with Crippen LogP contribution in [-0.4, -0.2) is 23.8 Å². The number of aromatic nitrogens is 5. The molecule has 12 rings (SSSR count). The molecule has 0 radical (unpaired) electrons. The van der Waals surface area contributed by atoms with Gasteiger partial charge in [-0.1, -0.05) is 113 Å². The van der Waals surface area contributed by atoms with Gasteiger partial charge in [-0.05, 0) is 114 Å². The quantitative estimate of drug-likeness (QED) is 0.100. The van der Waals surface area contributed by atoms with Crippen molar-refractivity contribution >= 4 is 76.7 Å². The summed E-state index contributed by atoms with van der Waals surface area (Å²) in [6.07, 6.45) is 3.75. The Morgan fingerprint density at radius 3 is 1.68 bits per heavy atom. The average molecular weight is 864 g/mol. The maximum atomic E-state index is 6.71. The third-order valence-electron chi connectivity index (χ3n) is 12.1. The molecule has 0 bridgehead atoms. The molecule has 7 aromatic carbocycles. The number of hydrogen-bond donors (Lipinski definition) is 0. The van der Waals surface area contributed by atoms with Crippen LogP contribution >= 0.6 is 0 Å². The van der Waals surface area contributed by atoms with Crippen LogP contribution in [0.3, 0.4) is 0 Å². The number of pyridine rings is 3. The topological polar surface area (TPSA) is 56.7 Å². The zero-order valence-electron chi connectivity index (χ0n) is 33.2. The Bertz CT molecular complexity index is 3730. The van der Waals surface area contributed by atoms with Gasteiger partial charge in [0, 0.05) is 40.5 Å².